The van der Waals surface area contributed by atoms with E-state index in [1.807, 2.05) is 24.3 Å². The van der Waals surface area contributed by atoms with Crippen molar-refractivity contribution in [3.05, 3.63) is 48.2 Å². The summed E-state index contributed by atoms with van der Waals surface area (Å²) >= 11 is 0. The molecule has 3 rings (SSSR count). The number of anilines is 1. The zero-order valence-electron chi connectivity index (χ0n) is 15.1. The van der Waals surface area contributed by atoms with E-state index in [0.29, 0.717) is 13.0 Å². The Hall–Kier alpha value is -2.97. The predicted molar refractivity (Wildman–Crippen MR) is 105 cm³/mol. The summed E-state index contributed by atoms with van der Waals surface area (Å²) < 4.78 is 47.6. The molecule has 28 heavy (non-hydrogen) atoms. The van der Waals surface area contributed by atoms with Crippen molar-refractivity contribution in [2.75, 3.05) is 16.2 Å². The first-order valence-corrected chi connectivity index (χ1v) is 11.8. The van der Waals surface area contributed by atoms with Crippen molar-refractivity contribution in [2.24, 2.45) is 0 Å². The molecule has 2 heterocycles. The van der Waals surface area contributed by atoms with Crippen LogP contribution < -0.4 is 3.71 Å². The van der Waals surface area contributed by atoms with E-state index >= 15 is 0 Å². The number of fused-ring (bicyclic) bond motifs is 1. The van der Waals surface area contributed by atoms with Crippen LogP contribution in [0.3, 0.4) is 0 Å². The Kier molecular flexibility index (Phi) is 5.35. The summed E-state index contributed by atoms with van der Waals surface area (Å²) in [6, 6.07) is 11.9. The van der Waals surface area contributed by atoms with Gasteiger partial charge in [-0.2, -0.15) is 15.0 Å². The molecule has 0 aliphatic rings. The van der Waals surface area contributed by atoms with E-state index in [1.165, 1.54) is 12.1 Å². The maximum Gasteiger partial charge on any atom is 0.246 e. The zero-order valence-corrected chi connectivity index (χ0v) is 16.8. The van der Waals surface area contributed by atoms with Crippen molar-refractivity contribution >= 4 is 36.9 Å². The number of nitrogens with zero attached hydrogens (tertiary/aromatic N) is 5. The SMILES string of the molecule is CS(=O)(=O)N(c1cccc(C#CCCn2nc3ccccc3n2)n1)S(C)(=O)=O. The molecule has 9 nitrogen and oxygen atoms in total. The van der Waals surface area contributed by atoms with Gasteiger partial charge in [0.05, 0.1) is 19.1 Å². The van der Waals surface area contributed by atoms with Gasteiger partial charge in [-0.25, -0.2) is 21.8 Å². The predicted octanol–water partition coefficient (Wildman–Crippen LogP) is 0.994. The molecule has 3 aromatic rings. The second kappa shape index (κ2) is 7.57. The molecule has 0 fully saturated rings. The Morgan fingerprint density at radius 1 is 0.929 bits per heavy atom. The molecule has 1 aromatic carbocycles. The fraction of sp³-hybridized carbons (Fsp3) is 0.235. The molecule has 0 radical (unpaired) electrons. The van der Waals surface area contributed by atoms with Crippen LogP contribution in [0.1, 0.15) is 12.1 Å². The van der Waals surface area contributed by atoms with Gasteiger partial charge in [-0.1, -0.05) is 24.1 Å². The average molecular weight is 419 g/mol. The first kappa shape index (κ1) is 19.8. The third-order valence-corrected chi connectivity index (χ3v) is 6.71. The molecule has 0 saturated carbocycles. The van der Waals surface area contributed by atoms with E-state index in [1.54, 1.807) is 10.9 Å². The number of rotatable bonds is 5. The highest BCUT2D eigenvalue weighted by Gasteiger charge is 2.28. The number of sulfonamides is 2. The third-order valence-electron chi connectivity index (χ3n) is 3.51. The summed E-state index contributed by atoms with van der Waals surface area (Å²) in [5.74, 6) is 5.48. The van der Waals surface area contributed by atoms with Crippen LogP contribution >= 0.6 is 0 Å². The minimum Gasteiger partial charge on any atom is -0.220 e. The smallest absolute Gasteiger partial charge is 0.220 e. The van der Waals surface area contributed by atoms with Crippen LogP contribution in [0.4, 0.5) is 5.82 Å². The van der Waals surface area contributed by atoms with E-state index in [0.717, 1.165) is 23.5 Å². The Labute approximate surface area is 163 Å². The lowest BCUT2D eigenvalue weighted by Crippen LogP contribution is -2.35. The zero-order chi connectivity index (χ0) is 20.4. The lowest BCUT2D eigenvalue weighted by Gasteiger charge is -2.18. The van der Waals surface area contributed by atoms with Crippen LogP contribution in [0.5, 0.6) is 0 Å². The highest BCUT2D eigenvalue weighted by atomic mass is 32.3. The van der Waals surface area contributed by atoms with Crippen LogP contribution in [-0.2, 0) is 26.6 Å². The van der Waals surface area contributed by atoms with Crippen LogP contribution in [0.25, 0.3) is 11.0 Å². The van der Waals surface area contributed by atoms with Gasteiger partial charge < -0.3 is 0 Å². The molecular formula is C17H17N5O4S2. The lowest BCUT2D eigenvalue weighted by molar-refractivity contribution is 0.555. The Balaban J connectivity index is 1.76. The van der Waals surface area contributed by atoms with Crippen molar-refractivity contribution in [2.45, 2.75) is 13.0 Å². The fourth-order valence-electron chi connectivity index (χ4n) is 2.49. The van der Waals surface area contributed by atoms with E-state index in [2.05, 4.69) is 27.0 Å². The molecule has 146 valence electrons. The van der Waals surface area contributed by atoms with E-state index < -0.39 is 20.0 Å². The molecule has 0 saturated heterocycles. The van der Waals surface area contributed by atoms with Gasteiger partial charge in [-0.05, 0) is 30.2 Å². The van der Waals surface area contributed by atoms with E-state index in [-0.39, 0.29) is 15.2 Å². The summed E-state index contributed by atoms with van der Waals surface area (Å²) in [6.07, 6.45) is 2.04. The molecule has 0 aliphatic carbocycles. The van der Waals surface area contributed by atoms with Gasteiger partial charge in [0, 0.05) is 6.42 Å². The highest BCUT2D eigenvalue weighted by Crippen LogP contribution is 2.18. The first-order valence-electron chi connectivity index (χ1n) is 8.11. The van der Waals surface area contributed by atoms with Gasteiger partial charge in [0.1, 0.15) is 16.7 Å². The summed E-state index contributed by atoms with van der Waals surface area (Å²) in [5.41, 5.74) is 1.85. The number of benzene rings is 1. The number of hydrogen-bond donors (Lipinski definition) is 0. The van der Waals surface area contributed by atoms with Crippen molar-refractivity contribution in [3.63, 3.8) is 0 Å². The molecule has 0 N–H and O–H groups in total. The summed E-state index contributed by atoms with van der Waals surface area (Å²) in [4.78, 5) is 5.60. The monoisotopic (exact) mass is 419 g/mol. The lowest BCUT2D eigenvalue weighted by atomic mass is 10.3. The molecule has 0 unspecified atom stereocenters. The Morgan fingerprint density at radius 2 is 1.54 bits per heavy atom. The molecule has 0 amide bonds. The number of pyridine rings is 1. The average Bonchev–Trinajstić information content (AvgIpc) is 2.99. The molecular weight excluding hydrogens is 402 g/mol. The van der Waals surface area contributed by atoms with Gasteiger partial charge >= 0.3 is 0 Å². The van der Waals surface area contributed by atoms with Gasteiger partial charge in [0.2, 0.25) is 20.0 Å². The largest absolute Gasteiger partial charge is 0.246 e. The number of hydrogen-bond acceptors (Lipinski definition) is 7. The van der Waals surface area contributed by atoms with Crippen molar-refractivity contribution < 1.29 is 16.8 Å². The normalized spacial score (nSPS) is 11.8. The Morgan fingerprint density at radius 3 is 2.11 bits per heavy atom. The van der Waals surface area contributed by atoms with Gasteiger partial charge in [-0.3, -0.25) is 0 Å². The van der Waals surface area contributed by atoms with Crippen molar-refractivity contribution in [1.29, 1.82) is 0 Å². The van der Waals surface area contributed by atoms with Crippen LogP contribution in [-0.4, -0.2) is 49.3 Å². The third kappa shape index (κ3) is 4.65. The van der Waals surface area contributed by atoms with E-state index in [9.17, 15) is 16.8 Å². The number of aromatic nitrogens is 4. The standard InChI is InChI=1S/C17H17N5O4S2/c1-27(23,24)22(28(2,25)26)17-12-7-9-14(18-17)8-5-6-13-21-19-15-10-3-4-11-16(15)20-21/h3-4,7,9-12H,6,13H2,1-2H3. The van der Waals surface area contributed by atoms with Crippen LogP contribution in [0, 0.1) is 11.8 Å². The van der Waals surface area contributed by atoms with Gasteiger partial charge in [-0.15, -0.1) is 3.71 Å². The molecule has 2 aromatic heterocycles. The number of aryl methyl sites for hydroxylation is 1. The quantitative estimate of drug-likeness (QED) is 0.567. The maximum absolute atomic E-state index is 11.8. The van der Waals surface area contributed by atoms with E-state index in [4.69, 9.17) is 0 Å². The topological polar surface area (TPSA) is 115 Å². The summed E-state index contributed by atoms with van der Waals surface area (Å²) in [7, 11) is -8.10. The minimum absolute atomic E-state index is 0.225. The summed E-state index contributed by atoms with van der Waals surface area (Å²) in [5, 5.41) is 8.66. The highest BCUT2D eigenvalue weighted by molar-refractivity contribution is 8.09. The molecule has 0 aliphatic heterocycles. The Bertz CT molecular complexity index is 1220. The fourth-order valence-corrected chi connectivity index (χ4v) is 5.34. The molecule has 0 bridgehead atoms. The summed E-state index contributed by atoms with van der Waals surface area (Å²) in [6.45, 7) is 0.472. The molecule has 0 spiro atoms. The van der Waals surface area contributed by atoms with Crippen molar-refractivity contribution in [3.8, 4) is 11.8 Å². The van der Waals surface area contributed by atoms with Crippen LogP contribution in [0.2, 0.25) is 0 Å². The maximum atomic E-state index is 11.8. The second-order valence-electron chi connectivity index (χ2n) is 5.94. The van der Waals surface area contributed by atoms with Crippen molar-refractivity contribution in [1.82, 2.24) is 20.0 Å². The second-order valence-corrected chi connectivity index (χ2v) is 9.83. The van der Waals surface area contributed by atoms with Gasteiger partial charge in [0.15, 0.2) is 5.82 Å². The van der Waals surface area contributed by atoms with Gasteiger partial charge in [0.25, 0.3) is 0 Å². The molecule has 11 heteroatoms. The minimum atomic E-state index is -4.05. The molecule has 0 atom stereocenters. The first-order chi connectivity index (χ1) is 13.1. The van der Waals surface area contributed by atoms with Crippen LogP contribution in [0.15, 0.2) is 42.5 Å².